The molecular weight excluding hydrogens is 515 g/mol. The van der Waals surface area contributed by atoms with Crippen molar-refractivity contribution in [3.8, 4) is 11.5 Å². The van der Waals surface area contributed by atoms with E-state index < -0.39 is 34.3 Å². The summed E-state index contributed by atoms with van der Waals surface area (Å²) in [5, 5.41) is 0. The third-order valence-corrected chi connectivity index (χ3v) is 6.19. The minimum atomic E-state index is -0.905. The monoisotopic (exact) mass is 546 g/mol. The Kier molecular flexibility index (Phi) is 8.32. The van der Waals surface area contributed by atoms with E-state index in [1.165, 1.54) is 23.7 Å². The molecule has 4 aromatic rings. The topological polar surface area (TPSA) is 96.7 Å². The molecule has 0 amide bonds. The number of carbonyl (C=O) groups is 2. The summed E-state index contributed by atoms with van der Waals surface area (Å²) in [4.78, 5) is 43.4. The van der Waals surface area contributed by atoms with Crippen molar-refractivity contribution in [2.75, 3.05) is 6.61 Å². The molecule has 0 saturated heterocycles. The van der Waals surface area contributed by atoms with E-state index in [2.05, 4.69) is 4.98 Å². The van der Waals surface area contributed by atoms with Crippen molar-refractivity contribution in [1.29, 1.82) is 0 Å². The molecule has 0 aliphatic carbocycles. The molecule has 0 unspecified atom stereocenters. The predicted molar refractivity (Wildman–Crippen MR) is 148 cm³/mol. The highest BCUT2D eigenvalue weighted by molar-refractivity contribution is 6.00. The first-order chi connectivity index (χ1) is 19.0. The normalized spacial score (nSPS) is 11.3. The highest BCUT2D eigenvalue weighted by Crippen LogP contribution is 2.31. The van der Waals surface area contributed by atoms with Crippen molar-refractivity contribution >= 4 is 23.0 Å². The maximum Gasteiger partial charge on any atom is 0.347 e. The van der Waals surface area contributed by atoms with Gasteiger partial charge in [0.1, 0.15) is 23.7 Å². The summed E-state index contributed by atoms with van der Waals surface area (Å²) in [5.41, 5.74) is 0.863. The first-order valence-corrected chi connectivity index (χ1v) is 12.9. The molecule has 8 nitrogen and oxygen atoms in total. The van der Waals surface area contributed by atoms with E-state index in [0.717, 1.165) is 5.56 Å². The average molecular weight is 547 g/mol. The van der Waals surface area contributed by atoms with Crippen LogP contribution in [0.15, 0.2) is 65.6 Å². The number of carbonyl (C=O) groups excluding carboxylic acids is 2. The maximum atomic E-state index is 14.1. The fraction of sp³-hybridized carbons (Fsp3) is 0.290. The van der Waals surface area contributed by atoms with E-state index in [4.69, 9.17) is 14.2 Å². The average Bonchev–Trinajstić information content (AvgIpc) is 2.92. The van der Waals surface area contributed by atoms with Gasteiger partial charge in [0.15, 0.2) is 11.3 Å². The first kappa shape index (κ1) is 28.5. The van der Waals surface area contributed by atoms with Crippen LogP contribution in [0.3, 0.4) is 0 Å². The molecule has 0 aliphatic rings. The van der Waals surface area contributed by atoms with Crippen LogP contribution in [0.25, 0.3) is 11.0 Å². The second-order valence-electron chi connectivity index (χ2n) is 10.3. The molecule has 2 aromatic carbocycles. The number of ether oxygens (including phenoxy) is 3. The summed E-state index contributed by atoms with van der Waals surface area (Å²) in [7, 11) is 1.50. The lowest BCUT2D eigenvalue weighted by Crippen LogP contribution is -2.31. The van der Waals surface area contributed by atoms with Crippen LogP contribution in [-0.2, 0) is 29.6 Å². The summed E-state index contributed by atoms with van der Waals surface area (Å²) >= 11 is 0. The molecular formula is C31H31FN2O6. The third kappa shape index (κ3) is 6.20. The number of aromatic nitrogens is 2. The number of hydrogen-bond acceptors (Lipinski definition) is 7. The SMILES string of the molecule is CCOC(=O)c1c(OC(=O)C(C)(C)C)c2ncc(Cc3ccc(F)cc3OCc3ccccc3)cc2n(C)c1=O. The summed E-state index contributed by atoms with van der Waals surface area (Å²) in [6.07, 6.45) is 1.87. The number of fused-ring (bicyclic) bond motifs is 1. The van der Waals surface area contributed by atoms with Crippen molar-refractivity contribution in [2.45, 2.75) is 40.7 Å². The Hall–Kier alpha value is -4.53. The molecule has 40 heavy (non-hydrogen) atoms. The number of esters is 2. The van der Waals surface area contributed by atoms with Crippen molar-refractivity contribution < 1.29 is 28.2 Å². The molecule has 4 rings (SSSR count). The van der Waals surface area contributed by atoms with Gasteiger partial charge in [-0.1, -0.05) is 36.4 Å². The van der Waals surface area contributed by atoms with Gasteiger partial charge in [-0.3, -0.25) is 14.6 Å². The summed E-state index contributed by atoms with van der Waals surface area (Å²) in [6.45, 7) is 6.89. The van der Waals surface area contributed by atoms with E-state index in [1.54, 1.807) is 46.0 Å². The Bertz CT molecular complexity index is 1620. The molecule has 0 spiro atoms. The van der Waals surface area contributed by atoms with E-state index >= 15 is 0 Å². The summed E-state index contributed by atoms with van der Waals surface area (Å²) in [6, 6.07) is 15.6. The van der Waals surface area contributed by atoms with Gasteiger partial charge in [0.2, 0.25) is 0 Å². The van der Waals surface area contributed by atoms with E-state index in [1.807, 2.05) is 30.3 Å². The van der Waals surface area contributed by atoms with Crippen LogP contribution in [0.2, 0.25) is 0 Å². The Labute approximate surface area is 231 Å². The smallest absolute Gasteiger partial charge is 0.347 e. The van der Waals surface area contributed by atoms with E-state index in [9.17, 15) is 18.8 Å². The number of halogens is 1. The van der Waals surface area contributed by atoms with Crippen LogP contribution >= 0.6 is 0 Å². The van der Waals surface area contributed by atoms with Crippen molar-refractivity contribution in [3.05, 3.63) is 99.2 Å². The molecule has 0 aliphatic heterocycles. The Balaban J connectivity index is 1.76. The fourth-order valence-corrected chi connectivity index (χ4v) is 4.01. The number of benzene rings is 2. The van der Waals surface area contributed by atoms with Crippen LogP contribution in [0, 0.1) is 11.2 Å². The molecule has 0 radical (unpaired) electrons. The number of hydrogen-bond donors (Lipinski definition) is 0. The Morgan fingerprint density at radius 1 is 1.02 bits per heavy atom. The molecule has 0 atom stereocenters. The van der Waals surface area contributed by atoms with Crippen LogP contribution in [-0.4, -0.2) is 28.1 Å². The molecule has 2 aromatic heterocycles. The number of nitrogens with zero attached hydrogens (tertiary/aromatic N) is 2. The highest BCUT2D eigenvalue weighted by atomic mass is 19.1. The van der Waals surface area contributed by atoms with Gasteiger partial charge < -0.3 is 18.8 Å². The highest BCUT2D eigenvalue weighted by Gasteiger charge is 2.31. The maximum absolute atomic E-state index is 14.1. The number of pyridine rings is 2. The van der Waals surface area contributed by atoms with Gasteiger partial charge in [0.25, 0.3) is 5.56 Å². The van der Waals surface area contributed by atoms with Gasteiger partial charge in [-0.15, -0.1) is 0 Å². The first-order valence-electron chi connectivity index (χ1n) is 12.9. The number of aryl methyl sites for hydroxylation is 1. The van der Waals surface area contributed by atoms with Gasteiger partial charge in [-0.2, -0.15) is 0 Å². The van der Waals surface area contributed by atoms with Gasteiger partial charge >= 0.3 is 11.9 Å². The van der Waals surface area contributed by atoms with E-state index in [0.29, 0.717) is 28.8 Å². The van der Waals surface area contributed by atoms with Gasteiger partial charge in [-0.05, 0) is 56.5 Å². The lowest BCUT2D eigenvalue weighted by Gasteiger charge is -2.19. The largest absolute Gasteiger partial charge is 0.489 e. The lowest BCUT2D eigenvalue weighted by molar-refractivity contribution is -0.142. The van der Waals surface area contributed by atoms with Gasteiger partial charge in [0.05, 0.1) is 17.5 Å². The predicted octanol–water partition coefficient (Wildman–Crippen LogP) is 5.37. The summed E-state index contributed by atoms with van der Waals surface area (Å²) < 4.78 is 32.0. The van der Waals surface area contributed by atoms with Crippen LogP contribution in [0.1, 0.15) is 54.7 Å². The van der Waals surface area contributed by atoms with Gasteiger partial charge in [0, 0.05) is 25.7 Å². The zero-order valence-electron chi connectivity index (χ0n) is 23.1. The second kappa shape index (κ2) is 11.7. The lowest BCUT2D eigenvalue weighted by atomic mass is 9.97. The van der Waals surface area contributed by atoms with E-state index in [-0.39, 0.29) is 24.5 Å². The van der Waals surface area contributed by atoms with Crippen molar-refractivity contribution in [1.82, 2.24) is 9.55 Å². The van der Waals surface area contributed by atoms with Crippen molar-refractivity contribution in [2.24, 2.45) is 12.5 Å². The fourth-order valence-electron chi connectivity index (χ4n) is 4.01. The van der Waals surface area contributed by atoms with Crippen LogP contribution < -0.4 is 15.0 Å². The molecule has 9 heteroatoms. The second-order valence-corrected chi connectivity index (χ2v) is 10.3. The zero-order valence-corrected chi connectivity index (χ0v) is 23.1. The molecule has 0 saturated carbocycles. The molecule has 0 bridgehead atoms. The number of rotatable bonds is 8. The van der Waals surface area contributed by atoms with Crippen LogP contribution in [0.5, 0.6) is 11.5 Å². The quantitative estimate of drug-likeness (QED) is 0.274. The van der Waals surface area contributed by atoms with Crippen molar-refractivity contribution in [3.63, 3.8) is 0 Å². The molecule has 0 fully saturated rings. The standard InChI is InChI=1S/C31H31FN2O6/c1-6-38-29(36)25-27(40-30(37)31(2,3)4)26-23(34(5)28(25)35)15-20(17-33-26)14-21-12-13-22(32)16-24(21)39-18-19-10-8-7-9-11-19/h7-13,15-17H,6,14,18H2,1-5H3. The molecule has 2 heterocycles. The molecule has 208 valence electrons. The summed E-state index contributed by atoms with van der Waals surface area (Å²) in [5.74, 6) is -1.82. The molecule has 0 N–H and O–H groups in total. The van der Waals surface area contributed by atoms with Crippen LogP contribution in [0.4, 0.5) is 4.39 Å². The minimum Gasteiger partial charge on any atom is -0.489 e. The Morgan fingerprint density at radius 3 is 2.42 bits per heavy atom. The van der Waals surface area contributed by atoms with Gasteiger partial charge in [-0.25, -0.2) is 9.18 Å². The zero-order chi connectivity index (χ0) is 29.0. The Morgan fingerprint density at radius 2 is 1.75 bits per heavy atom. The minimum absolute atomic E-state index is 0.0331. The third-order valence-electron chi connectivity index (χ3n) is 6.19.